The van der Waals surface area contributed by atoms with Gasteiger partial charge in [-0.2, -0.15) is 11.8 Å². The number of rotatable bonds is 3. The lowest BCUT2D eigenvalue weighted by molar-refractivity contribution is 0.388. The van der Waals surface area contributed by atoms with Gasteiger partial charge in [0, 0.05) is 6.04 Å². The number of terminal acetylenes is 1. The Morgan fingerprint density at radius 2 is 2.14 bits per heavy atom. The van der Waals surface area contributed by atoms with Gasteiger partial charge in [-0.25, -0.2) is 0 Å². The first-order chi connectivity index (χ1) is 6.74. The third kappa shape index (κ3) is 3.94. The molecular weight excluding hydrogens is 190 g/mol. The molecule has 1 N–H and O–H groups in total. The standard InChI is InChI=1S/C12H21NS/c1-4-12(10(2)3)13-11-6-5-8-14-9-7-11/h1,10-13H,5-9H2,2-3H3. The van der Waals surface area contributed by atoms with E-state index < -0.39 is 0 Å². The zero-order chi connectivity index (χ0) is 10.4. The van der Waals surface area contributed by atoms with E-state index in [2.05, 4.69) is 36.8 Å². The van der Waals surface area contributed by atoms with Gasteiger partial charge in [-0.3, -0.25) is 0 Å². The minimum atomic E-state index is 0.253. The fourth-order valence-electron chi connectivity index (χ4n) is 1.76. The summed E-state index contributed by atoms with van der Waals surface area (Å²) in [7, 11) is 0. The van der Waals surface area contributed by atoms with E-state index in [1.807, 2.05) is 0 Å². The Balaban J connectivity index is 2.37. The Morgan fingerprint density at radius 1 is 1.36 bits per heavy atom. The zero-order valence-electron chi connectivity index (χ0n) is 9.25. The Kier molecular flexibility index (Phi) is 5.44. The molecule has 0 saturated carbocycles. The molecule has 80 valence electrons. The molecule has 1 nitrogen and oxygen atoms in total. The molecule has 1 rings (SSSR count). The van der Waals surface area contributed by atoms with Crippen molar-refractivity contribution in [3.05, 3.63) is 0 Å². The van der Waals surface area contributed by atoms with Crippen LogP contribution in [0.4, 0.5) is 0 Å². The van der Waals surface area contributed by atoms with E-state index in [0.29, 0.717) is 12.0 Å². The van der Waals surface area contributed by atoms with Crippen molar-refractivity contribution >= 4 is 11.8 Å². The molecule has 0 amide bonds. The number of hydrogen-bond donors (Lipinski definition) is 1. The summed E-state index contributed by atoms with van der Waals surface area (Å²) in [5.41, 5.74) is 0. The van der Waals surface area contributed by atoms with Crippen LogP contribution in [0, 0.1) is 18.3 Å². The fraction of sp³-hybridized carbons (Fsp3) is 0.833. The van der Waals surface area contributed by atoms with Gasteiger partial charge in [-0.15, -0.1) is 6.42 Å². The van der Waals surface area contributed by atoms with Crippen molar-refractivity contribution in [3.8, 4) is 12.3 Å². The quantitative estimate of drug-likeness (QED) is 0.720. The maximum Gasteiger partial charge on any atom is 0.0712 e. The normalized spacial score (nSPS) is 25.4. The lowest BCUT2D eigenvalue weighted by Crippen LogP contribution is -2.40. The lowest BCUT2D eigenvalue weighted by atomic mass is 10.0. The predicted molar refractivity (Wildman–Crippen MR) is 65.6 cm³/mol. The van der Waals surface area contributed by atoms with Crippen LogP contribution in [0.25, 0.3) is 0 Å². The van der Waals surface area contributed by atoms with Crippen molar-refractivity contribution < 1.29 is 0 Å². The van der Waals surface area contributed by atoms with Gasteiger partial charge in [0.05, 0.1) is 6.04 Å². The smallest absolute Gasteiger partial charge is 0.0712 e. The molecule has 0 bridgehead atoms. The van der Waals surface area contributed by atoms with Crippen LogP contribution in [0.2, 0.25) is 0 Å². The van der Waals surface area contributed by atoms with Crippen LogP contribution >= 0.6 is 11.8 Å². The van der Waals surface area contributed by atoms with Gasteiger partial charge in [-0.1, -0.05) is 19.8 Å². The molecule has 1 heterocycles. The minimum Gasteiger partial charge on any atom is -0.301 e. The van der Waals surface area contributed by atoms with Crippen molar-refractivity contribution in [1.82, 2.24) is 5.32 Å². The third-order valence-electron chi connectivity index (χ3n) is 2.71. The van der Waals surface area contributed by atoms with Crippen LogP contribution < -0.4 is 5.32 Å². The van der Waals surface area contributed by atoms with Gasteiger partial charge >= 0.3 is 0 Å². The van der Waals surface area contributed by atoms with E-state index in [0.717, 1.165) is 0 Å². The number of hydrogen-bond acceptors (Lipinski definition) is 2. The van der Waals surface area contributed by atoms with Crippen molar-refractivity contribution in [2.45, 2.75) is 45.2 Å². The topological polar surface area (TPSA) is 12.0 Å². The first kappa shape index (κ1) is 11.9. The summed E-state index contributed by atoms with van der Waals surface area (Å²) in [6.45, 7) is 4.37. The first-order valence-electron chi connectivity index (χ1n) is 5.54. The third-order valence-corrected chi connectivity index (χ3v) is 3.82. The molecule has 1 aliphatic rings. The second-order valence-electron chi connectivity index (χ2n) is 4.30. The van der Waals surface area contributed by atoms with E-state index in [1.54, 1.807) is 0 Å². The van der Waals surface area contributed by atoms with Gasteiger partial charge < -0.3 is 5.32 Å². The van der Waals surface area contributed by atoms with Crippen LogP contribution in [0.1, 0.15) is 33.1 Å². The summed E-state index contributed by atoms with van der Waals surface area (Å²) in [6.07, 6.45) is 9.41. The Morgan fingerprint density at radius 3 is 2.79 bits per heavy atom. The largest absolute Gasteiger partial charge is 0.301 e. The molecule has 1 fully saturated rings. The molecule has 0 aromatic heterocycles. The summed E-state index contributed by atoms with van der Waals surface area (Å²) >= 11 is 2.07. The molecule has 0 aromatic carbocycles. The van der Waals surface area contributed by atoms with Gasteiger partial charge in [0.1, 0.15) is 0 Å². The Bertz CT molecular complexity index is 187. The van der Waals surface area contributed by atoms with Crippen LogP contribution in [-0.2, 0) is 0 Å². The highest BCUT2D eigenvalue weighted by Crippen LogP contribution is 2.17. The van der Waals surface area contributed by atoms with Crippen molar-refractivity contribution in [3.63, 3.8) is 0 Å². The number of thioether (sulfide) groups is 1. The Labute approximate surface area is 92.4 Å². The summed E-state index contributed by atoms with van der Waals surface area (Å²) in [6, 6.07) is 0.900. The van der Waals surface area contributed by atoms with E-state index >= 15 is 0 Å². The van der Waals surface area contributed by atoms with E-state index in [4.69, 9.17) is 6.42 Å². The highest BCUT2D eigenvalue weighted by atomic mass is 32.2. The average Bonchev–Trinajstić information content (AvgIpc) is 2.41. The maximum absolute atomic E-state index is 5.51. The molecule has 0 spiro atoms. The van der Waals surface area contributed by atoms with Gasteiger partial charge in [-0.05, 0) is 36.7 Å². The molecule has 0 aromatic rings. The fourth-order valence-corrected chi connectivity index (χ4v) is 2.78. The summed E-state index contributed by atoms with van der Waals surface area (Å²) in [5, 5.41) is 3.60. The summed E-state index contributed by atoms with van der Waals surface area (Å²) < 4.78 is 0. The van der Waals surface area contributed by atoms with Crippen molar-refractivity contribution in [1.29, 1.82) is 0 Å². The molecular formula is C12H21NS. The second-order valence-corrected chi connectivity index (χ2v) is 5.52. The number of nitrogens with one attached hydrogen (secondary N) is 1. The van der Waals surface area contributed by atoms with Crippen LogP contribution in [0.3, 0.4) is 0 Å². The van der Waals surface area contributed by atoms with E-state index in [1.165, 1.54) is 30.8 Å². The first-order valence-corrected chi connectivity index (χ1v) is 6.69. The monoisotopic (exact) mass is 211 g/mol. The molecule has 0 aliphatic carbocycles. The van der Waals surface area contributed by atoms with E-state index in [-0.39, 0.29) is 6.04 Å². The summed E-state index contributed by atoms with van der Waals surface area (Å²) in [4.78, 5) is 0. The van der Waals surface area contributed by atoms with Crippen LogP contribution in [0.5, 0.6) is 0 Å². The predicted octanol–water partition coefficient (Wildman–Crippen LogP) is 2.52. The highest BCUT2D eigenvalue weighted by Gasteiger charge is 2.17. The molecule has 0 radical (unpaired) electrons. The molecule has 2 unspecified atom stereocenters. The van der Waals surface area contributed by atoms with E-state index in [9.17, 15) is 0 Å². The van der Waals surface area contributed by atoms with Crippen LogP contribution in [-0.4, -0.2) is 23.6 Å². The van der Waals surface area contributed by atoms with Gasteiger partial charge in [0.25, 0.3) is 0 Å². The summed E-state index contributed by atoms with van der Waals surface area (Å²) in [5.74, 6) is 5.99. The highest BCUT2D eigenvalue weighted by molar-refractivity contribution is 7.99. The lowest BCUT2D eigenvalue weighted by Gasteiger charge is -2.23. The van der Waals surface area contributed by atoms with Gasteiger partial charge in [0.15, 0.2) is 0 Å². The molecule has 2 heteroatoms. The van der Waals surface area contributed by atoms with Crippen molar-refractivity contribution in [2.75, 3.05) is 11.5 Å². The SMILES string of the molecule is C#CC(NC1CCCSCC1)C(C)C. The second kappa shape index (κ2) is 6.37. The van der Waals surface area contributed by atoms with Crippen LogP contribution in [0.15, 0.2) is 0 Å². The Hall–Kier alpha value is -0.130. The molecule has 14 heavy (non-hydrogen) atoms. The average molecular weight is 211 g/mol. The molecule has 1 saturated heterocycles. The molecule has 1 aliphatic heterocycles. The zero-order valence-corrected chi connectivity index (χ0v) is 10.1. The maximum atomic E-state index is 5.51. The minimum absolute atomic E-state index is 0.253. The van der Waals surface area contributed by atoms with Crippen molar-refractivity contribution in [2.24, 2.45) is 5.92 Å². The van der Waals surface area contributed by atoms with Gasteiger partial charge in [0.2, 0.25) is 0 Å². The molecule has 2 atom stereocenters.